The van der Waals surface area contributed by atoms with Crippen molar-refractivity contribution in [3.8, 4) is 17.2 Å². The van der Waals surface area contributed by atoms with Gasteiger partial charge < -0.3 is 19.5 Å². The SMILES string of the molecule is CC(=O)Nc1cc(OC(C)(F)F)ccc1OC1CCC(CC(=S)Cc2cccc(OC(F)(F)F)c2)C1. The average Bonchev–Trinajstić information content (AvgIpc) is 3.14. The van der Waals surface area contributed by atoms with Gasteiger partial charge in [0.1, 0.15) is 17.2 Å². The van der Waals surface area contributed by atoms with Gasteiger partial charge in [-0.2, -0.15) is 8.78 Å². The van der Waals surface area contributed by atoms with E-state index in [4.69, 9.17) is 17.0 Å². The second-order valence-corrected chi connectivity index (χ2v) is 9.36. The number of alkyl halides is 5. The van der Waals surface area contributed by atoms with E-state index in [1.54, 1.807) is 6.07 Å². The summed E-state index contributed by atoms with van der Waals surface area (Å²) in [5.74, 6) is -0.224. The topological polar surface area (TPSA) is 56.8 Å². The van der Waals surface area contributed by atoms with Crippen LogP contribution in [-0.4, -0.2) is 29.3 Å². The Bertz CT molecular complexity index is 1090. The average molecular weight is 532 g/mol. The van der Waals surface area contributed by atoms with Gasteiger partial charge in [-0.05, 0) is 66.3 Å². The highest BCUT2D eigenvalue weighted by atomic mass is 32.1. The van der Waals surface area contributed by atoms with Gasteiger partial charge in [0.2, 0.25) is 5.91 Å². The van der Waals surface area contributed by atoms with E-state index in [2.05, 4.69) is 14.8 Å². The van der Waals surface area contributed by atoms with Gasteiger partial charge in [0, 0.05) is 26.3 Å². The predicted octanol–water partition coefficient (Wildman–Crippen LogP) is 7.09. The summed E-state index contributed by atoms with van der Waals surface area (Å²) in [4.78, 5) is 12.3. The van der Waals surface area contributed by atoms with Gasteiger partial charge in [-0.25, -0.2) is 0 Å². The van der Waals surface area contributed by atoms with Crippen molar-refractivity contribution in [2.75, 3.05) is 5.32 Å². The summed E-state index contributed by atoms with van der Waals surface area (Å²) in [6.45, 7) is 1.91. The first-order chi connectivity index (χ1) is 16.8. The zero-order valence-electron chi connectivity index (χ0n) is 19.7. The number of carbonyl (C=O) groups is 1. The minimum Gasteiger partial charge on any atom is -0.488 e. The number of halogens is 5. The molecule has 196 valence electrons. The van der Waals surface area contributed by atoms with Crippen molar-refractivity contribution in [3.05, 3.63) is 48.0 Å². The lowest BCUT2D eigenvalue weighted by Crippen LogP contribution is -2.20. The normalized spacial score (nSPS) is 18.0. The highest BCUT2D eigenvalue weighted by Crippen LogP contribution is 2.37. The van der Waals surface area contributed by atoms with Gasteiger partial charge in [0.15, 0.2) is 0 Å². The summed E-state index contributed by atoms with van der Waals surface area (Å²) in [5, 5.41) is 2.57. The van der Waals surface area contributed by atoms with E-state index in [1.165, 1.54) is 43.3 Å². The standard InChI is InChI=1S/C25H26F5NO4S/c1-15(32)31-22-14-20(34-24(2,26)27)8-9-23(22)33-18-7-6-17(10-18)13-21(36)12-16-4-3-5-19(11-16)35-25(28,29)30/h3-5,8-9,11,14,17-18H,6-7,10,12-13H2,1-2H3,(H,31,32). The Morgan fingerprint density at radius 2 is 1.78 bits per heavy atom. The van der Waals surface area contributed by atoms with Gasteiger partial charge in [-0.3, -0.25) is 4.79 Å². The summed E-state index contributed by atoms with van der Waals surface area (Å²) < 4.78 is 78.4. The van der Waals surface area contributed by atoms with Crippen molar-refractivity contribution in [3.63, 3.8) is 0 Å². The monoisotopic (exact) mass is 531 g/mol. The van der Waals surface area contributed by atoms with Crippen LogP contribution in [-0.2, 0) is 11.2 Å². The number of benzene rings is 2. The quantitative estimate of drug-likeness (QED) is 0.262. The van der Waals surface area contributed by atoms with Crippen molar-refractivity contribution in [2.45, 2.75) is 64.5 Å². The van der Waals surface area contributed by atoms with Gasteiger partial charge in [0.05, 0.1) is 11.8 Å². The third-order valence-corrected chi connectivity index (χ3v) is 5.71. The molecule has 2 unspecified atom stereocenters. The van der Waals surface area contributed by atoms with Crippen LogP contribution in [0.1, 0.15) is 45.1 Å². The third-order valence-electron chi connectivity index (χ3n) is 5.40. The number of hydrogen-bond donors (Lipinski definition) is 1. The van der Waals surface area contributed by atoms with Crippen molar-refractivity contribution in [2.24, 2.45) is 5.92 Å². The maximum absolute atomic E-state index is 13.2. The molecule has 5 nitrogen and oxygen atoms in total. The van der Waals surface area contributed by atoms with E-state index < -0.39 is 12.5 Å². The van der Waals surface area contributed by atoms with Crippen LogP contribution in [0.25, 0.3) is 0 Å². The molecule has 2 aromatic rings. The van der Waals surface area contributed by atoms with Gasteiger partial charge in [0.25, 0.3) is 0 Å². The first-order valence-corrected chi connectivity index (χ1v) is 11.7. The molecule has 11 heteroatoms. The van der Waals surface area contributed by atoms with Gasteiger partial charge in [-0.1, -0.05) is 24.4 Å². The number of amides is 1. The second kappa shape index (κ2) is 11.4. The number of carbonyl (C=O) groups excluding carboxylic acids is 1. The number of hydrogen-bond acceptors (Lipinski definition) is 5. The first-order valence-electron chi connectivity index (χ1n) is 11.3. The number of ether oxygens (including phenoxy) is 3. The van der Waals surface area contributed by atoms with E-state index in [0.717, 1.165) is 12.8 Å². The molecule has 2 aromatic carbocycles. The van der Waals surface area contributed by atoms with Gasteiger partial charge >= 0.3 is 12.5 Å². The minimum absolute atomic E-state index is 0.113. The van der Waals surface area contributed by atoms with Crippen LogP contribution in [0, 0.1) is 5.92 Å². The Kier molecular flexibility index (Phi) is 8.76. The van der Waals surface area contributed by atoms with Crippen LogP contribution < -0.4 is 19.5 Å². The van der Waals surface area contributed by atoms with Crippen LogP contribution >= 0.6 is 12.2 Å². The van der Waals surface area contributed by atoms with Crippen molar-refractivity contribution in [1.82, 2.24) is 0 Å². The molecule has 0 spiro atoms. The zero-order chi connectivity index (χ0) is 26.5. The van der Waals surface area contributed by atoms with Crippen LogP contribution in [0.15, 0.2) is 42.5 Å². The molecule has 0 saturated heterocycles. The molecule has 0 radical (unpaired) electrons. The summed E-state index contributed by atoms with van der Waals surface area (Å²) >= 11 is 5.49. The zero-order valence-corrected chi connectivity index (χ0v) is 20.5. The number of rotatable bonds is 10. The van der Waals surface area contributed by atoms with Crippen molar-refractivity contribution < 1.29 is 41.0 Å². The Labute approximate surface area is 210 Å². The lowest BCUT2D eigenvalue weighted by Gasteiger charge is -2.19. The number of nitrogens with one attached hydrogen (secondary N) is 1. The lowest BCUT2D eigenvalue weighted by atomic mass is 9.98. The molecular weight excluding hydrogens is 505 g/mol. The Morgan fingerprint density at radius 3 is 2.44 bits per heavy atom. The number of thiocarbonyl (C=S) groups is 1. The smallest absolute Gasteiger partial charge is 0.488 e. The fourth-order valence-electron chi connectivity index (χ4n) is 4.15. The third kappa shape index (κ3) is 9.25. The molecular formula is C25H26F5NO4S. The molecule has 1 aliphatic carbocycles. The van der Waals surface area contributed by atoms with E-state index in [1.807, 2.05) is 0 Å². The molecule has 1 fully saturated rings. The molecule has 0 heterocycles. The second-order valence-electron chi connectivity index (χ2n) is 8.78. The van der Waals surface area contributed by atoms with E-state index in [-0.39, 0.29) is 35.1 Å². The summed E-state index contributed by atoms with van der Waals surface area (Å²) in [6.07, 6.45) is -5.10. The lowest BCUT2D eigenvalue weighted by molar-refractivity contribution is -0.274. The Morgan fingerprint density at radius 1 is 1.06 bits per heavy atom. The molecule has 0 bridgehead atoms. The first kappa shape index (κ1) is 27.6. The molecule has 0 aliphatic heterocycles. The van der Waals surface area contributed by atoms with Crippen LogP contribution in [0.4, 0.5) is 27.6 Å². The predicted molar refractivity (Wildman–Crippen MR) is 128 cm³/mol. The van der Waals surface area contributed by atoms with Gasteiger partial charge in [-0.15, -0.1) is 13.2 Å². The highest BCUT2D eigenvalue weighted by Gasteiger charge is 2.31. The fourth-order valence-corrected chi connectivity index (χ4v) is 4.55. The molecule has 1 amide bonds. The largest absolute Gasteiger partial charge is 0.573 e. The highest BCUT2D eigenvalue weighted by molar-refractivity contribution is 7.80. The summed E-state index contributed by atoms with van der Waals surface area (Å²) in [7, 11) is 0. The number of anilines is 1. The molecule has 1 saturated carbocycles. The molecule has 2 atom stereocenters. The van der Waals surface area contributed by atoms with Crippen LogP contribution in [0.3, 0.4) is 0 Å². The summed E-state index contributed by atoms with van der Waals surface area (Å²) in [5.41, 5.74) is 0.858. The minimum atomic E-state index is -4.76. The summed E-state index contributed by atoms with van der Waals surface area (Å²) in [6, 6.07) is 9.85. The van der Waals surface area contributed by atoms with E-state index >= 15 is 0 Å². The maximum atomic E-state index is 13.2. The van der Waals surface area contributed by atoms with E-state index in [9.17, 15) is 26.7 Å². The molecule has 36 heavy (non-hydrogen) atoms. The molecule has 1 N–H and O–H groups in total. The Balaban J connectivity index is 1.57. The fraction of sp³-hybridized carbons (Fsp3) is 0.440. The van der Waals surface area contributed by atoms with Crippen LogP contribution in [0.5, 0.6) is 17.2 Å². The molecule has 3 rings (SSSR count). The van der Waals surface area contributed by atoms with Crippen molar-refractivity contribution in [1.29, 1.82) is 0 Å². The molecule has 1 aliphatic rings. The van der Waals surface area contributed by atoms with Crippen molar-refractivity contribution >= 4 is 28.7 Å². The van der Waals surface area contributed by atoms with E-state index in [0.29, 0.717) is 42.4 Å². The maximum Gasteiger partial charge on any atom is 0.573 e. The Hall–Kier alpha value is -2.95. The molecule has 0 aromatic heterocycles. The van der Waals surface area contributed by atoms with Crippen LogP contribution in [0.2, 0.25) is 0 Å².